The number of hydrogen-bond donors (Lipinski definition) is 0. The van der Waals surface area contributed by atoms with Gasteiger partial charge in [-0.1, -0.05) is 182 Å². The molecule has 0 fully saturated rings. The maximum absolute atomic E-state index is 5.50. The average molecular weight is 714 g/mol. The van der Waals surface area contributed by atoms with Gasteiger partial charge >= 0.3 is 0 Å². The molecule has 3 heteroatoms. The van der Waals surface area contributed by atoms with Crippen LogP contribution in [-0.4, -0.2) is 14.5 Å². The van der Waals surface area contributed by atoms with Gasteiger partial charge in [0.2, 0.25) is 0 Å². The number of aromatic nitrogens is 3. The van der Waals surface area contributed by atoms with Crippen LogP contribution in [0.1, 0.15) is 22.3 Å². The standard InChI is InChI=1S/C53H35N3/c1-6-20-36(21-7-1)46-35-47(55-52(54-46)37-22-8-2-9-23-37)43-34-45-49(50-42-31-17-19-33-48(42)56(51(43)50)40-28-14-5-15-29-40)41-30-16-18-32-44(41)53(45,38-24-10-3-11-25-38)39-26-12-4-13-27-39/h1-35H. The highest BCUT2D eigenvalue weighted by molar-refractivity contribution is 6.22. The summed E-state index contributed by atoms with van der Waals surface area (Å²) < 4.78 is 2.44. The fourth-order valence-electron chi connectivity index (χ4n) is 9.18. The topological polar surface area (TPSA) is 30.7 Å². The fraction of sp³-hybridized carbons (Fsp3) is 0.0189. The molecule has 262 valence electrons. The van der Waals surface area contributed by atoms with Gasteiger partial charge in [0.15, 0.2) is 5.82 Å². The first kappa shape index (κ1) is 32.1. The Balaban J connectivity index is 1.37. The van der Waals surface area contributed by atoms with Crippen molar-refractivity contribution < 1.29 is 0 Å². The molecular formula is C53H35N3. The van der Waals surface area contributed by atoms with Crippen LogP contribution in [0, 0.1) is 0 Å². The Hall–Kier alpha value is -7.36. The quantitative estimate of drug-likeness (QED) is 0.172. The van der Waals surface area contributed by atoms with Gasteiger partial charge in [0.1, 0.15) is 0 Å². The van der Waals surface area contributed by atoms with Crippen LogP contribution in [0.4, 0.5) is 0 Å². The molecular weight excluding hydrogens is 679 g/mol. The average Bonchev–Trinajstić information content (AvgIpc) is 3.78. The lowest BCUT2D eigenvalue weighted by Gasteiger charge is -2.34. The maximum atomic E-state index is 5.50. The number of para-hydroxylation sites is 2. The number of benzene rings is 8. The van der Waals surface area contributed by atoms with Crippen molar-refractivity contribution in [2.24, 2.45) is 0 Å². The van der Waals surface area contributed by atoms with Crippen LogP contribution in [0.3, 0.4) is 0 Å². The predicted molar refractivity (Wildman–Crippen MR) is 230 cm³/mol. The molecule has 0 radical (unpaired) electrons. The minimum atomic E-state index is -0.592. The summed E-state index contributed by atoms with van der Waals surface area (Å²) in [5, 5.41) is 2.43. The number of nitrogens with zero attached hydrogens (tertiary/aromatic N) is 3. The van der Waals surface area contributed by atoms with E-state index in [0.717, 1.165) is 44.8 Å². The molecule has 0 aliphatic heterocycles. The second kappa shape index (κ2) is 12.9. The number of rotatable bonds is 6. The van der Waals surface area contributed by atoms with Crippen molar-refractivity contribution in [3.05, 3.63) is 235 Å². The van der Waals surface area contributed by atoms with Crippen molar-refractivity contribution in [3.63, 3.8) is 0 Å². The van der Waals surface area contributed by atoms with E-state index in [4.69, 9.17) is 9.97 Å². The van der Waals surface area contributed by atoms with E-state index in [0.29, 0.717) is 5.82 Å². The van der Waals surface area contributed by atoms with Crippen LogP contribution < -0.4 is 0 Å². The molecule has 8 aromatic carbocycles. The van der Waals surface area contributed by atoms with Crippen LogP contribution in [0.5, 0.6) is 0 Å². The molecule has 0 saturated heterocycles. The van der Waals surface area contributed by atoms with Crippen LogP contribution in [-0.2, 0) is 5.41 Å². The van der Waals surface area contributed by atoms with Crippen LogP contribution in [0.2, 0.25) is 0 Å². The van der Waals surface area contributed by atoms with Crippen LogP contribution in [0.15, 0.2) is 212 Å². The smallest absolute Gasteiger partial charge is 0.160 e. The summed E-state index contributed by atoms with van der Waals surface area (Å²) in [5.74, 6) is 0.693. The van der Waals surface area contributed by atoms with Gasteiger partial charge in [-0.3, -0.25) is 0 Å². The Morgan fingerprint density at radius 1 is 0.411 bits per heavy atom. The Kier molecular flexibility index (Phi) is 7.39. The Labute approximate surface area is 325 Å². The van der Waals surface area contributed by atoms with Gasteiger partial charge in [-0.05, 0) is 63.7 Å². The Bertz CT molecular complexity index is 2950. The SMILES string of the molecule is c1ccc(-c2cc(-c3cc4c(c5c6ccccc6n(-c6ccccc6)c35)-c3ccccc3C4(c3ccccc3)c3ccccc3)nc(-c3ccccc3)n2)cc1. The van der Waals surface area contributed by atoms with Gasteiger partial charge in [0.25, 0.3) is 0 Å². The van der Waals surface area contributed by atoms with Crippen LogP contribution >= 0.6 is 0 Å². The number of fused-ring (bicyclic) bond motifs is 7. The van der Waals surface area contributed by atoms with E-state index in [1.54, 1.807) is 0 Å². The van der Waals surface area contributed by atoms with E-state index < -0.39 is 5.41 Å². The van der Waals surface area contributed by atoms with Crippen molar-refractivity contribution in [2.45, 2.75) is 5.41 Å². The van der Waals surface area contributed by atoms with E-state index in [1.807, 2.05) is 6.07 Å². The molecule has 0 bridgehead atoms. The molecule has 1 aliphatic rings. The summed E-state index contributed by atoms with van der Waals surface area (Å²) in [4.78, 5) is 10.7. The van der Waals surface area contributed by atoms with Gasteiger partial charge in [-0.2, -0.15) is 0 Å². The van der Waals surface area contributed by atoms with Gasteiger partial charge in [0.05, 0.1) is 27.8 Å². The van der Waals surface area contributed by atoms with E-state index in [2.05, 4.69) is 211 Å². The first-order valence-electron chi connectivity index (χ1n) is 19.2. The summed E-state index contributed by atoms with van der Waals surface area (Å²) in [5.41, 5.74) is 15.1. The van der Waals surface area contributed by atoms with Crippen molar-refractivity contribution in [1.29, 1.82) is 0 Å². The lowest BCUT2D eigenvalue weighted by Crippen LogP contribution is -2.28. The normalized spacial score (nSPS) is 12.8. The Morgan fingerprint density at radius 2 is 0.946 bits per heavy atom. The van der Waals surface area contributed by atoms with Crippen molar-refractivity contribution >= 4 is 21.8 Å². The maximum Gasteiger partial charge on any atom is 0.160 e. The van der Waals surface area contributed by atoms with Gasteiger partial charge < -0.3 is 4.57 Å². The van der Waals surface area contributed by atoms with E-state index >= 15 is 0 Å². The largest absolute Gasteiger partial charge is 0.309 e. The molecule has 0 N–H and O–H groups in total. The molecule has 3 nitrogen and oxygen atoms in total. The molecule has 56 heavy (non-hydrogen) atoms. The molecule has 0 saturated carbocycles. The zero-order valence-corrected chi connectivity index (χ0v) is 30.5. The van der Waals surface area contributed by atoms with Crippen molar-refractivity contribution in [3.8, 4) is 50.7 Å². The van der Waals surface area contributed by atoms with E-state index in [-0.39, 0.29) is 0 Å². The summed E-state index contributed by atoms with van der Waals surface area (Å²) in [7, 11) is 0. The zero-order chi connectivity index (χ0) is 37.1. The third-order valence-electron chi connectivity index (χ3n) is 11.5. The predicted octanol–water partition coefficient (Wildman–Crippen LogP) is 12.9. The molecule has 0 spiro atoms. The molecule has 0 atom stereocenters. The molecule has 1 aliphatic carbocycles. The lowest BCUT2D eigenvalue weighted by molar-refractivity contribution is 0.769. The van der Waals surface area contributed by atoms with Gasteiger partial charge in [-0.15, -0.1) is 0 Å². The van der Waals surface area contributed by atoms with Gasteiger partial charge in [-0.25, -0.2) is 9.97 Å². The summed E-state index contributed by atoms with van der Waals surface area (Å²) in [6, 6.07) is 76.2. The molecule has 0 unspecified atom stereocenters. The summed E-state index contributed by atoms with van der Waals surface area (Å²) in [6.07, 6.45) is 0. The fourth-order valence-corrected chi connectivity index (χ4v) is 9.18. The molecule has 2 aromatic heterocycles. The third kappa shape index (κ3) is 4.77. The van der Waals surface area contributed by atoms with Crippen molar-refractivity contribution in [2.75, 3.05) is 0 Å². The van der Waals surface area contributed by atoms with E-state index in [9.17, 15) is 0 Å². The minimum Gasteiger partial charge on any atom is -0.309 e. The second-order valence-electron chi connectivity index (χ2n) is 14.5. The molecule has 10 aromatic rings. The highest BCUT2D eigenvalue weighted by Gasteiger charge is 2.47. The van der Waals surface area contributed by atoms with Crippen LogP contribution in [0.25, 0.3) is 72.5 Å². The number of hydrogen-bond acceptors (Lipinski definition) is 2. The zero-order valence-electron chi connectivity index (χ0n) is 30.5. The third-order valence-corrected chi connectivity index (χ3v) is 11.5. The van der Waals surface area contributed by atoms with Crippen molar-refractivity contribution in [1.82, 2.24) is 14.5 Å². The lowest BCUT2D eigenvalue weighted by atomic mass is 9.67. The summed E-state index contributed by atoms with van der Waals surface area (Å²) >= 11 is 0. The molecule has 11 rings (SSSR count). The van der Waals surface area contributed by atoms with Gasteiger partial charge in [0, 0.05) is 33.2 Å². The first-order chi connectivity index (χ1) is 27.8. The first-order valence-corrected chi connectivity index (χ1v) is 19.2. The molecule has 2 heterocycles. The summed E-state index contributed by atoms with van der Waals surface area (Å²) in [6.45, 7) is 0. The Morgan fingerprint density at radius 3 is 1.62 bits per heavy atom. The molecule has 0 amide bonds. The monoisotopic (exact) mass is 713 g/mol. The van der Waals surface area contributed by atoms with E-state index in [1.165, 1.54) is 44.2 Å². The minimum absolute atomic E-state index is 0.592. The highest BCUT2D eigenvalue weighted by atomic mass is 15.0. The second-order valence-corrected chi connectivity index (χ2v) is 14.5. The highest BCUT2D eigenvalue weighted by Crippen LogP contribution is 2.60.